The number of ether oxygens (including phenoxy) is 1. The molecular weight excluding hydrogens is 225 g/mol. The Morgan fingerprint density at radius 2 is 2.00 bits per heavy atom. The molecule has 1 aliphatic heterocycles. The predicted molar refractivity (Wildman–Crippen MR) is 49.1 cm³/mol. The van der Waals surface area contributed by atoms with Crippen LogP contribution in [0.1, 0.15) is 24.6 Å². The third-order valence-corrected chi connectivity index (χ3v) is 2.61. The van der Waals surface area contributed by atoms with Gasteiger partial charge in [0.05, 0.1) is 6.04 Å². The standard InChI is InChI=1S/C9H11F3N2O2/c10-9(11,12)7-5-8(15)14(13-7)6-1-3-16-4-2-6/h5-6,13H,1-4H2. The van der Waals surface area contributed by atoms with Crippen LogP contribution in [0.4, 0.5) is 13.2 Å². The van der Waals surface area contributed by atoms with E-state index < -0.39 is 17.4 Å². The van der Waals surface area contributed by atoms with E-state index in [4.69, 9.17) is 4.74 Å². The van der Waals surface area contributed by atoms with Gasteiger partial charge in [-0.05, 0) is 12.8 Å². The zero-order valence-electron chi connectivity index (χ0n) is 8.38. The summed E-state index contributed by atoms with van der Waals surface area (Å²) in [6.07, 6.45) is -3.40. The molecule has 0 aliphatic carbocycles. The first-order valence-corrected chi connectivity index (χ1v) is 4.95. The Labute approximate surface area is 89.0 Å². The number of aromatic amines is 1. The van der Waals surface area contributed by atoms with Gasteiger partial charge >= 0.3 is 6.18 Å². The summed E-state index contributed by atoms with van der Waals surface area (Å²) in [5, 5.41) is 2.11. The van der Waals surface area contributed by atoms with E-state index in [9.17, 15) is 18.0 Å². The second kappa shape index (κ2) is 3.97. The molecule has 2 rings (SSSR count). The number of hydrogen-bond acceptors (Lipinski definition) is 2. The van der Waals surface area contributed by atoms with Gasteiger partial charge in [-0.3, -0.25) is 9.89 Å². The van der Waals surface area contributed by atoms with Crippen LogP contribution in [0.3, 0.4) is 0 Å². The number of hydrogen-bond donors (Lipinski definition) is 1. The van der Waals surface area contributed by atoms with Gasteiger partial charge in [-0.25, -0.2) is 4.68 Å². The van der Waals surface area contributed by atoms with Gasteiger partial charge in [0, 0.05) is 19.3 Å². The minimum atomic E-state index is -4.50. The predicted octanol–water partition coefficient (Wildman–Crippen LogP) is 1.55. The highest BCUT2D eigenvalue weighted by molar-refractivity contribution is 5.04. The molecule has 16 heavy (non-hydrogen) atoms. The molecule has 0 amide bonds. The molecule has 7 heteroatoms. The SMILES string of the molecule is O=c1cc(C(F)(F)F)[nH]n1C1CCOCC1. The third-order valence-electron chi connectivity index (χ3n) is 2.61. The third kappa shape index (κ3) is 2.13. The van der Waals surface area contributed by atoms with Gasteiger partial charge in [0.1, 0.15) is 5.69 Å². The Hall–Kier alpha value is -1.24. The van der Waals surface area contributed by atoms with E-state index in [1.807, 2.05) is 0 Å². The lowest BCUT2D eigenvalue weighted by Gasteiger charge is -2.22. The highest BCUT2D eigenvalue weighted by atomic mass is 19.4. The van der Waals surface area contributed by atoms with Crippen LogP contribution >= 0.6 is 0 Å². The lowest BCUT2D eigenvalue weighted by molar-refractivity contribution is -0.141. The smallest absolute Gasteiger partial charge is 0.381 e. The minimum absolute atomic E-state index is 0.225. The lowest BCUT2D eigenvalue weighted by Crippen LogP contribution is -2.27. The van der Waals surface area contributed by atoms with Gasteiger partial charge in [0.25, 0.3) is 5.56 Å². The van der Waals surface area contributed by atoms with E-state index >= 15 is 0 Å². The highest BCUT2D eigenvalue weighted by Crippen LogP contribution is 2.27. The first-order chi connectivity index (χ1) is 7.48. The van der Waals surface area contributed by atoms with E-state index in [0.29, 0.717) is 32.1 Å². The molecule has 0 unspecified atom stereocenters. The van der Waals surface area contributed by atoms with Crippen molar-refractivity contribution in [2.24, 2.45) is 0 Å². The molecule has 1 N–H and O–H groups in total. The number of alkyl halides is 3. The molecule has 90 valence electrons. The average Bonchev–Trinajstić information content (AvgIpc) is 2.61. The molecule has 1 aliphatic rings. The van der Waals surface area contributed by atoms with E-state index in [1.54, 1.807) is 0 Å². The van der Waals surface area contributed by atoms with Crippen molar-refractivity contribution in [2.75, 3.05) is 13.2 Å². The fourth-order valence-electron chi connectivity index (χ4n) is 1.77. The van der Waals surface area contributed by atoms with Crippen LogP contribution in [0.5, 0.6) is 0 Å². The Kier molecular flexibility index (Phi) is 2.79. The topological polar surface area (TPSA) is 47.0 Å². The van der Waals surface area contributed by atoms with E-state index in [1.165, 1.54) is 0 Å². The van der Waals surface area contributed by atoms with Crippen molar-refractivity contribution in [1.29, 1.82) is 0 Å². The summed E-state index contributed by atoms with van der Waals surface area (Å²) < 4.78 is 43.2. The van der Waals surface area contributed by atoms with E-state index in [0.717, 1.165) is 4.68 Å². The zero-order valence-corrected chi connectivity index (χ0v) is 8.38. The van der Waals surface area contributed by atoms with E-state index in [2.05, 4.69) is 5.10 Å². The molecular formula is C9H11F3N2O2. The number of nitrogens with one attached hydrogen (secondary N) is 1. The summed E-state index contributed by atoms with van der Waals surface area (Å²) >= 11 is 0. The fraction of sp³-hybridized carbons (Fsp3) is 0.667. The van der Waals surface area contributed by atoms with Crippen molar-refractivity contribution >= 4 is 0 Å². The first-order valence-electron chi connectivity index (χ1n) is 4.95. The first kappa shape index (κ1) is 11.3. The van der Waals surface area contributed by atoms with Crippen LogP contribution in [0, 0.1) is 0 Å². The Morgan fingerprint density at radius 3 is 2.50 bits per heavy atom. The van der Waals surface area contributed by atoms with Crippen LogP contribution in [0.25, 0.3) is 0 Å². The molecule has 1 saturated heterocycles. The number of aromatic nitrogens is 2. The van der Waals surface area contributed by atoms with Crippen LogP contribution in [-0.2, 0) is 10.9 Å². The van der Waals surface area contributed by atoms with Gasteiger partial charge in [-0.15, -0.1) is 0 Å². The van der Waals surface area contributed by atoms with Crippen LogP contribution in [0.2, 0.25) is 0 Å². The van der Waals surface area contributed by atoms with Crippen molar-refractivity contribution in [1.82, 2.24) is 9.78 Å². The molecule has 1 aromatic heterocycles. The molecule has 4 nitrogen and oxygen atoms in total. The van der Waals surface area contributed by atoms with Crippen molar-refractivity contribution in [2.45, 2.75) is 25.1 Å². The van der Waals surface area contributed by atoms with Gasteiger partial charge in [0.2, 0.25) is 0 Å². The fourth-order valence-corrected chi connectivity index (χ4v) is 1.77. The second-order valence-corrected chi connectivity index (χ2v) is 3.72. The van der Waals surface area contributed by atoms with Gasteiger partial charge < -0.3 is 4.74 Å². The summed E-state index contributed by atoms with van der Waals surface area (Å²) in [7, 11) is 0. The Morgan fingerprint density at radius 1 is 1.38 bits per heavy atom. The van der Waals surface area contributed by atoms with Gasteiger partial charge in [0.15, 0.2) is 0 Å². The van der Waals surface area contributed by atoms with Gasteiger partial charge in [-0.1, -0.05) is 0 Å². The summed E-state index contributed by atoms with van der Waals surface area (Å²) in [6, 6.07) is 0.368. The normalized spacial score (nSPS) is 18.9. The van der Waals surface area contributed by atoms with E-state index in [-0.39, 0.29) is 6.04 Å². The summed E-state index contributed by atoms with van der Waals surface area (Å²) in [6.45, 7) is 0.939. The average molecular weight is 236 g/mol. The Bertz CT molecular complexity index is 415. The lowest BCUT2D eigenvalue weighted by atomic mass is 10.1. The van der Waals surface area contributed by atoms with Crippen molar-refractivity contribution in [3.05, 3.63) is 22.1 Å². The molecule has 2 heterocycles. The molecule has 0 aromatic carbocycles. The van der Waals surface area contributed by atoms with Crippen LogP contribution in [0.15, 0.2) is 10.9 Å². The minimum Gasteiger partial charge on any atom is -0.381 e. The number of halogens is 3. The number of rotatable bonds is 1. The quantitative estimate of drug-likeness (QED) is 0.804. The summed E-state index contributed by atoms with van der Waals surface area (Å²) in [4.78, 5) is 11.4. The molecule has 0 atom stereocenters. The maximum absolute atomic E-state index is 12.3. The Balaban J connectivity index is 2.28. The molecule has 0 bridgehead atoms. The molecule has 0 saturated carbocycles. The van der Waals surface area contributed by atoms with Crippen LogP contribution < -0.4 is 5.56 Å². The molecule has 1 fully saturated rings. The maximum Gasteiger partial charge on any atom is 0.432 e. The highest BCUT2D eigenvalue weighted by Gasteiger charge is 2.34. The molecule has 1 aromatic rings. The maximum atomic E-state index is 12.3. The summed E-state index contributed by atoms with van der Waals surface area (Å²) in [5.74, 6) is 0. The summed E-state index contributed by atoms with van der Waals surface area (Å²) in [5.41, 5.74) is -1.64. The van der Waals surface area contributed by atoms with Crippen molar-refractivity contribution in [3.8, 4) is 0 Å². The largest absolute Gasteiger partial charge is 0.432 e. The van der Waals surface area contributed by atoms with Crippen molar-refractivity contribution < 1.29 is 17.9 Å². The van der Waals surface area contributed by atoms with Crippen molar-refractivity contribution in [3.63, 3.8) is 0 Å². The molecule has 0 spiro atoms. The van der Waals surface area contributed by atoms with Gasteiger partial charge in [-0.2, -0.15) is 13.2 Å². The van der Waals surface area contributed by atoms with Crippen LogP contribution in [-0.4, -0.2) is 23.0 Å². The number of nitrogens with zero attached hydrogens (tertiary/aromatic N) is 1. The number of H-pyrrole nitrogens is 1. The zero-order chi connectivity index (χ0) is 11.8. The molecule has 0 radical (unpaired) electrons. The second-order valence-electron chi connectivity index (χ2n) is 3.72. The monoisotopic (exact) mass is 236 g/mol.